The van der Waals surface area contributed by atoms with Gasteiger partial charge in [-0.15, -0.1) is 0 Å². The van der Waals surface area contributed by atoms with Crippen LogP contribution in [-0.4, -0.2) is 62.3 Å². The van der Waals surface area contributed by atoms with Gasteiger partial charge in [0.25, 0.3) is 0 Å². The molecule has 6 nitrogen and oxygen atoms in total. The number of halogens is 3. The molecule has 0 radical (unpaired) electrons. The molecule has 0 aromatic heterocycles. The standard InChI is InChI=1S/C21H30F3N3O3S/c1-15-6-5-8-18(16(15)2)25-20(28)14-26-10-12-27(13-11-26)31(29,30)19-9-4-3-7-17(19)21(22,23)24/h3-4,7,9,15-16,18H,5-6,8,10-14H2,1-2H3,(H,25,28)/t15-,16+,18-/m1/s1. The van der Waals surface area contributed by atoms with Crippen LogP contribution in [0.4, 0.5) is 13.2 Å². The number of carbonyl (C=O) groups excluding carboxylic acids is 1. The normalized spacial score (nSPS) is 26.5. The van der Waals surface area contributed by atoms with Crippen LogP contribution in [-0.2, 0) is 21.0 Å². The summed E-state index contributed by atoms with van der Waals surface area (Å²) >= 11 is 0. The van der Waals surface area contributed by atoms with Gasteiger partial charge in [-0.25, -0.2) is 8.42 Å². The highest BCUT2D eigenvalue weighted by atomic mass is 32.2. The lowest BCUT2D eigenvalue weighted by Gasteiger charge is -2.36. The van der Waals surface area contributed by atoms with E-state index in [-0.39, 0.29) is 44.7 Å². The number of benzene rings is 1. The molecule has 1 N–H and O–H groups in total. The van der Waals surface area contributed by atoms with Crippen LogP contribution in [0.25, 0.3) is 0 Å². The Morgan fingerprint density at radius 3 is 2.39 bits per heavy atom. The minimum Gasteiger partial charge on any atom is -0.352 e. The summed E-state index contributed by atoms with van der Waals surface area (Å²) in [5.41, 5.74) is -1.16. The first-order chi connectivity index (χ1) is 14.5. The molecule has 0 spiro atoms. The van der Waals surface area contributed by atoms with Crippen molar-refractivity contribution >= 4 is 15.9 Å². The van der Waals surface area contributed by atoms with Crippen LogP contribution in [0, 0.1) is 11.8 Å². The fourth-order valence-electron chi connectivity index (χ4n) is 4.43. The van der Waals surface area contributed by atoms with Crippen molar-refractivity contribution in [3.63, 3.8) is 0 Å². The Kier molecular flexibility index (Phi) is 7.32. The van der Waals surface area contributed by atoms with Crippen LogP contribution in [0.2, 0.25) is 0 Å². The summed E-state index contributed by atoms with van der Waals surface area (Å²) in [7, 11) is -4.28. The fraction of sp³-hybridized carbons (Fsp3) is 0.667. The summed E-state index contributed by atoms with van der Waals surface area (Å²) in [6, 6.07) is 4.38. The maximum atomic E-state index is 13.3. The van der Waals surface area contributed by atoms with Crippen molar-refractivity contribution in [3.8, 4) is 0 Å². The Morgan fingerprint density at radius 2 is 1.74 bits per heavy atom. The topological polar surface area (TPSA) is 69.7 Å². The Hall–Kier alpha value is -1.65. The van der Waals surface area contributed by atoms with E-state index in [9.17, 15) is 26.4 Å². The number of piperazine rings is 1. The van der Waals surface area contributed by atoms with Gasteiger partial charge >= 0.3 is 6.18 Å². The van der Waals surface area contributed by atoms with Crippen LogP contribution in [0.5, 0.6) is 0 Å². The summed E-state index contributed by atoms with van der Waals surface area (Å²) in [6.07, 6.45) is -1.53. The van der Waals surface area contributed by atoms with Crippen molar-refractivity contribution in [2.24, 2.45) is 11.8 Å². The van der Waals surface area contributed by atoms with Gasteiger partial charge in [-0.2, -0.15) is 17.5 Å². The maximum absolute atomic E-state index is 13.3. The largest absolute Gasteiger partial charge is 0.417 e. The van der Waals surface area contributed by atoms with Crippen molar-refractivity contribution in [1.82, 2.24) is 14.5 Å². The van der Waals surface area contributed by atoms with Gasteiger partial charge in [-0.05, 0) is 30.4 Å². The Labute approximate surface area is 181 Å². The van der Waals surface area contributed by atoms with Crippen LogP contribution < -0.4 is 5.32 Å². The van der Waals surface area contributed by atoms with Crippen molar-refractivity contribution in [1.29, 1.82) is 0 Å². The minimum absolute atomic E-state index is 0.0403. The zero-order chi connectivity index (χ0) is 22.8. The highest BCUT2D eigenvalue weighted by Gasteiger charge is 2.39. The first kappa shape index (κ1) is 24.0. The second kappa shape index (κ2) is 9.46. The molecule has 0 unspecified atom stereocenters. The fourth-order valence-corrected chi connectivity index (χ4v) is 6.07. The second-order valence-electron chi connectivity index (χ2n) is 8.62. The van der Waals surface area contributed by atoms with Gasteiger partial charge in [0.2, 0.25) is 15.9 Å². The average Bonchev–Trinajstić information content (AvgIpc) is 2.71. The van der Waals surface area contributed by atoms with Gasteiger partial charge in [0.1, 0.15) is 0 Å². The summed E-state index contributed by atoms with van der Waals surface area (Å²) < 4.78 is 66.5. The van der Waals surface area contributed by atoms with E-state index >= 15 is 0 Å². The monoisotopic (exact) mass is 461 g/mol. The molecular formula is C21H30F3N3O3S. The van der Waals surface area contributed by atoms with Gasteiger partial charge in [-0.3, -0.25) is 9.69 Å². The highest BCUT2D eigenvalue weighted by Crippen LogP contribution is 2.35. The van der Waals surface area contributed by atoms with Gasteiger partial charge < -0.3 is 5.32 Å². The maximum Gasteiger partial charge on any atom is 0.417 e. The zero-order valence-electron chi connectivity index (χ0n) is 17.9. The van der Waals surface area contributed by atoms with E-state index in [0.717, 1.165) is 29.3 Å². The molecule has 2 fully saturated rings. The van der Waals surface area contributed by atoms with Gasteiger partial charge in [-0.1, -0.05) is 38.8 Å². The number of hydrogen-bond donors (Lipinski definition) is 1. The molecule has 1 heterocycles. The van der Waals surface area contributed by atoms with Crippen LogP contribution in [0.1, 0.15) is 38.7 Å². The summed E-state index contributed by atoms with van der Waals surface area (Å²) in [4.78, 5) is 13.6. The SMILES string of the molecule is C[C@H]1[C@H](C)CCC[C@H]1NC(=O)CN1CCN(S(=O)(=O)c2ccccc2C(F)(F)F)CC1. The third-order valence-corrected chi connectivity index (χ3v) is 8.52. The average molecular weight is 462 g/mol. The first-order valence-electron chi connectivity index (χ1n) is 10.7. The minimum atomic E-state index is -4.75. The second-order valence-corrected chi connectivity index (χ2v) is 10.5. The third kappa shape index (κ3) is 5.59. The number of carbonyl (C=O) groups is 1. The van der Waals surface area contributed by atoms with E-state index in [1.807, 2.05) is 4.90 Å². The number of alkyl halides is 3. The van der Waals surface area contributed by atoms with E-state index in [1.54, 1.807) is 0 Å². The predicted molar refractivity (Wildman–Crippen MR) is 111 cm³/mol. The summed E-state index contributed by atoms with van der Waals surface area (Å²) in [6.45, 7) is 5.16. The van der Waals surface area contributed by atoms with Crippen molar-refractivity contribution in [3.05, 3.63) is 29.8 Å². The van der Waals surface area contributed by atoms with Gasteiger partial charge in [0.05, 0.1) is 17.0 Å². The molecule has 1 aromatic rings. The highest BCUT2D eigenvalue weighted by molar-refractivity contribution is 7.89. The molecule has 3 rings (SSSR count). The number of hydrogen-bond acceptors (Lipinski definition) is 4. The molecule has 174 valence electrons. The Balaban J connectivity index is 1.58. The van der Waals surface area contributed by atoms with Crippen LogP contribution >= 0.6 is 0 Å². The van der Waals surface area contributed by atoms with E-state index in [4.69, 9.17) is 0 Å². The third-order valence-electron chi connectivity index (χ3n) is 6.56. The molecule has 1 amide bonds. The molecule has 0 bridgehead atoms. The van der Waals surface area contributed by atoms with Gasteiger partial charge in [0.15, 0.2) is 0 Å². The van der Waals surface area contributed by atoms with Gasteiger partial charge in [0, 0.05) is 32.2 Å². The van der Waals surface area contributed by atoms with Crippen LogP contribution in [0.3, 0.4) is 0 Å². The molecule has 1 saturated carbocycles. The lowest BCUT2D eigenvalue weighted by atomic mass is 9.78. The van der Waals surface area contributed by atoms with E-state index in [1.165, 1.54) is 18.6 Å². The number of nitrogens with zero attached hydrogens (tertiary/aromatic N) is 2. The molecule has 1 saturated heterocycles. The Bertz CT molecular complexity index is 883. The first-order valence-corrected chi connectivity index (χ1v) is 12.1. The zero-order valence-corrected chi connectivity index (χ0v) is 18.7. The number of rotatable bonds is 5. The number of amides is 1. The van der Waals surface area contributed by atoms with Crippen molar-refractivity contribution in [2.75, 3.05) is 32.7 Å². The molecule has 3 atom stereocenters. The molecule has 2 aliphatic rings. The Morgan fingerprint density at radius 1 is 1.10 bits per heavy atom. The molecule has 1 aliphatic carbocycles. The quantitative estimate of drug-likeness (QED) is 0.732. The summed E-state index contributed by atoms with van der Waals surface area (Å²) in [5, 5.41) is 3.10. The molecule has 10 heteroatoms. The van der Waals surface area contributed by atoms with Crippen LogP contribution in [0.15, 0.2) is 29.2 Å². The molecule has 1 aliphatic heterocycles. The molecule has 31 heavy (non-hydrogen) atoms. The number of nitrogens with one attached hydrogen (secondary N) is 1. The smallest absolute Gasteiger partial charge is 0.352 e. The van der Waals surface area contributed by atoms with E-state index in [0.29, 0.717) is 11.8 Å². The van der Waals surface area contributed by atoms with E-state index in [2.05, 4.69) is 19.2 Å². The summed E-state index contributed by atoms with van der Waals surface area (Å²) in [5.74, 6) is 0.880. The predicted octanol–water partition coefficient (Wildman–Crippen LogP) is 2.95. The van der Waals surface area contributed by atoms with E-state index < -0.39 is 26.7 Å². The molecular weight excluding hydrogens is 431 g/mol. The molecule has 1 aromatic carbocycles. The van der Waals surface area contributed by atoms with Crippen molar-refractivity contribution in [2.45, 2.75) is 50.2 Å². The number of sulfonamides is 1. The lowest BCUT2D eigenvalue weighted by molar-refractivity contribution is -0.140. The van der Waals surface area contributed by atoms with Crippen molar-refractivity contribution < 1.29 is 26.4 Å². The lowest BCUT2D eigenvalue weighted by Crippen LogP contribution is -2.53.